The zero-order valence-corrected chi connectivity index (χ0v) is 22.0. The van der Waals surface area contributed by atoms with Crippen molar-refractivity contribution >= 4 is 11.6 Å². The van der Waals surface area contributed by atoms with Gasteiger partial charge in [0.2, 0.25) is 0 Å². The van der Waals surface area contributed by atoms with Gasteiger partial charge in [0.15, 0.2) is 0 Å². The molecule has 206 valence electrons. The average molecular weight is 547 g/mol. The predicted molar refractivity (Wildman–Crippen MR) is 147 cm³/mol. The Morgan fingerprint density at radius 3 is 2.38 bits per heavy atom. The molecule has 9 heteroatoms. The van der Waals surface area contributed by atoms with E-state index in [-0.39, 0.29) is 11.7 Å². The van der Waals surface area contributed by atoms with Crippen molar-refractivity contribution in [3.05, 3.63) is 108 Å². The van der Waals surface area contributed by atoms with Crippen LogP contribution in [0.5, 0.6) is 5.75 Å². The van der Waals surface area contributed by atoms with Gasteiger partial charge in [-0.3, -0.25) is 19.7 Å². The molecule has 3 heterocycles. The number of nitrogens with zero attached hydrogens (tertiary/aromatic N) is 3. The molecule has 1 aliphatic rings. The number of aromatic nitrogens is 2. The molecule has 0 spiro atoms. The molecule has 1 amide bonds. The van der Waals surface area contributed by atoms with Crippen LogP contribution in [0.3, 0.4) is 0 Å². The van der Waals surface area contributed by atoms with Crippen molar-refractivity contribution in [3.8, 4) is 16.9 Å². The van der Waals surface area contributed by atoms with Crippen LogP contribution in [0, 0.1) is 6.92 Å². The van der Waals surface area contributed by atoms with E-state index < -0.39 is 6.36 Å². The van der Waals surface area contributed by atoms with Crippen LogP contribution in [0.25, 0.3) is 11.1 Å². The Morgan fingerprint density at radius 2 is 1.73 bits per heavy atom. The Labute approximate surface area is 230 Å². The number of carbonyl (C=O) groups is 1. The first-order valence-electron chi connectivity index (χ1n) is 13.1. The maximum atomic E-state index is 13.1. The van der Waals surface area contributed by atoms with Crippen LogP contribution in [-0.4, -0.2) is 40.2 Å². The van der Waals surface area contributed by atoms with Gasteiger partial charge in [-0.1, -0.05) is 24.3 Å². The predicted octanol–water partition coefficient (Wildman–Crippen LogP) is 6.98. The van der Waals surface area contributed by atoms with Gasteiger partial charge in [0.25, 0.3) is 5.91 Å². The van der Waals surface area contributed by atoms with E-state index in [9.17, 15) is 18.0 Å². The normalized spacial score (nSPS) is 14.6. The summed E-state index contributed by atoms with van der Waals surface area (Å²) in [6, 6.07) is 18.8. The molecule has 0 bridgehead atoms. The lowest BCUT2D eigenvalue weighted by Gasteiger charge is -2.31. The van der Waals surface area contributed by atoms with Gasteiger partial charge in [-0.2, -0.15) is 0 Å². The van der Waals surface area contributed by atoms with Gasteiger partial charge >= 0.3 is 6.36 Å². The second-order valence-corrected chi connectivity index (χ2v) is 9.88. The quantitative estimate of drug-likeness (QED) is 0.271. The van der Waals surface area contributed by atoms with Gasteiger partial charge in [0.05, 0.1) is 11.9 Å². The van der Waals surface area contributed by atoms with Crippen LogP contribution in [-0.2, 0) is 6.54 Å². The average Bonchev–Trinajstić information content (AvgIpc) is 2.94. The molecule has 5 rings (SSSR count). The van der Waals surface area contributed by atoms with E-state index in [1.165, 1.54) is 29.8 Å². The number of halogens is 3. The van der Waals surface area contributed by atoms with E-state index in [1.807, 2.05) is 49.6 Å². The molecule has 0 unspecified atom stereocenters. The van der Waals surface area contributed by atoms with Gasteiger partial charge in [-0.25, -0.2) is 0 Å². The summed E-state index contributed by atoms with van der Waals surface area (Å²) in [5.74, 6) is -0.199. The molecule has 0 atom stereocenters. The Bertz CT molecular complexity index is 1430. The number of anilines is 1. The van der Waals surface area contributed by atoms with Gasteiger partial charge < -0.3 is 10.1 Å². The van der Waals surface area contributed by atoms with Crippen molar-refractivity contribution < 1.29 is 22.7 Å². The number of nitrogens with one attached hydrogen (secondary N) is 1. The van der Waals surface area contributed by atoms with E-state index in [2.05, 4.69) is 24.9 Å². The summed E-state index contributed by atoms with van der Waals surface area (Å²) < 4.78 is 41.4. The van der Waals surface area contributed by atoms with Crippen LogP contribution in [0.15, 0.2) is 85.3 Å². The first-order valence-corrected chi connectivity index (χ1v) is 13.1. The van der Waals surface area contributed by atoms with Crippen LogP contribution < -0.4 is 10.1 Å². The standard InChI is InChI=1S/C31H29F3N4O2/c1-21-27(23-5-8-26(9-6-23)40-31(32,33)34)3-2-4-28(21)30(39)37-25-7-10-29(36-19-25)24-13-17-38(18-14-24)20-22-11-15-35-16-12-22/h2-12,15-16,19,24H,13-14,17-18,20H2,1H3,(H,37,39). The number of ether oxygens (including phenoxy) is 1. The molecule has 40 heavy (non-hydrogen) atoms. The van der Waals surface area contributed by atoms with Gasteiger partial charge in [0, 0.05) is 36.1 Å². The van der Waals surface area contributed by atoms with Crippen LogP contribution in [0.4, 0.5) is 18.9 Å². The topological polar surface area (TPSA) is 67.4 Å². The third-order valence-electron chi connectivity index (χ3n) is 7.18. The number of rotatable bonds is 7. The number of hydrogen-bond donors (Lipinski definition) is 1. The highest BCUT2D eigenvalue weighted by molar-refractivity contribution is 6.06. The number of hydrogen-bond acceptors (Lipinski definition) is 5. The summed E-state index contributed by atoms with van der Waals surface area (Å²) >= 11 is 0. The molecule has 1 fully saturated rings. The summed E-state index contributed by atoms with van der Waals surface area (Å²) in [6.45, 7) is 4.74. The second-order valence-electron chi connectivity index (χ2n) is 9.88. The van der Waals surface area contributed by atoms with E-state index in [0.29, 0.717) is 28.3 Å². The Balaban J connectivity index is 1.19. The maximum Gasteiger partial charge on any atom is 0.573 e. The fraction of sp³-hybridized carbons (Fsp3) is 0.258. The second kappa shape index (κ2) is 11.9. The first kappa shape index (κ1) is 27.3. The molecule has 4 aromatic rings. The molecule has 1 saturated heterocycles. The van der Waals surface area contributed by atoms with Crippen LogP contribution >= 0.6 is 0 Å². The summed E-state index contributed by atoms with van der Waals surface area (Å²) in [4.78, 5) is 24.3. The maximum absolute atomic E-state index is 13.1. The summed E-state index contributed by atoms with van der Waals surface area (Å²) in [5.41, 5.74) is 5.50. The minimum atomic E-state index is -4.75. The molecule has 1 aliphatic heterocycles. The Kier molecular flexibility index (Phi) is 8.11. The minimum absolute atomic E-state index is 0.282. The number of pyridine rings is 2. The summed E-state index contributed by atoms with van der Waals surface area (Å²) in [5, 5.41) is 2.92. The molecule has 0 radical (unpaired) electrons. The monoisotopic (exact) mass is 546 g/mol. The van der Waals surface area contributed by atoms with Crippen molar-refractivity contribution in [2.75, 3.05) is 18.4 Å². The van der Waals surface area contributed by atoms with E-state index in [1.54, 1.807) is 18.3 Å². The number of alkyl halides is 3. The lowest BCUT2D eigenvalue weighted by Crippen LogP contribution is -2.32. The fourth-order valence-electron chi connectivity index (χ4n) is 5.08. The highest BCUT2D eigenvalue weighted by atomic mass is 19.4. The first-order chi connectivity index (χ1) is 19.2. The molecular weight excluding hydrogens is 517 g/mol. The zero-order chi connectivity index (χ0) is 28.1. The summed E-state index contributed by atoms with van der Waals surface area (Å²) in [6.07, 6.45) is 2.64. The van der Waals surface area contributed by atoms with Gasteiger partial charge in [0.1, 0.15) is 5.75 Å². The lowest BCUT2D eigenvalue weighted by molar-refractivity contribution is -0.274. The molecule has 0 aliphatic carbocycles. The number of amides is 1. The molecule has 2 aromatic carbocycles. The third kappa shape index (κ3) is 6.84. The van der Waals surface area contributed by atoms with Crippen LogP contribution in [0.2, 0.25) is 0 Å². The van der Waals surface area contributed by atoms with Crippen molar-refractivity contribution in [1.82, 2.24) is 14.9 Å². The number of likely N-dealkylation sites (tertiary alicyclic amines) is 1. The van der Waals surface area contributed by atoms with Crippen LogP contribution in [0.1, 0.15) is 45.9 Å². The molecule has 1 N–H and O–H groups in total. The van der Waals surface area contributed by atoms with Gasteiger partial charge in [-0.05, 0) is 97.6 Å². The lowest BCUT2D eigenvalue weighted by atomic mass is 9.93. The fourth-order valence-corrected chi connectivity index (χ4v) is 5.08. The van der Waals surface area contributed by atoms with Crippen molar-refractivity contribution in [3.63, 3.8) is 0 Å². The van der Waals surface area contributed by atoms with E-state index in [0.717, 1.165) is 43.7 Å². The Morgan fingerprint density at radius 1 is 1.00 bits per heavy atom. The van der Waals surface area contributed by atoms with E-state index in [4.69, 9.17) is 0 Å². The van der Waals surface area contributed by atoms with Crippen molar-refractivity contribution in [2.24, 2.45) is 0 Å². The number of piperidine rings is 1. The molecule has 6 nitrogen and oxygen atoms in total. The molecular formula is C31H29F3N4O2. The minimum Gasteiger partial charge on any atom is -0.406 e. The number of benzene rings is 2. The molecule has 2 aromatic heterocycles. The van der Waals surface area contributed by atoms with Crippen molar-refractivity contribution in [1.29, 1.82) is 0 Å². The SMILES string of the molecule is Cc1c(C(=O)Nc2ccc(C3CCN(Cc4ccncc4)CC3)nc2)cccc1-c1ccc(OC(F)(F)F)cc1. The highest BCUT2D eigenvalue weighted by Gasteiger charge is 2.31. The third-order valence-corrected chi connectivity index (χ3v) is 7.18. The van der Waals surface area contributed by atoms with E-state index >= 15 is 0 Å². The Hall–Kier alpha value is -4.24. The van der Waals surface area contributed by atoms with Crippen molar-refractivity contribution in [2.45, 2.75) is 38.6 Å². The number of carbonyl (C=O) groups excluding carboxylic acids is 1. The molecule has 0 saturated carbocycles. The van der Waals surface area contributed by atoms with Gasteiger partial charge in [-0.15, -0.1) is 13.2 Å². The smallest absolute Gasteiger partial charge is 0.406 e. The largest absolute Gasteiger partial charge is 0.573 e. The zero-order valence-electron chi connectivity index (χ0n) is 22.0. The summed E-state index contributed by atoms with van der Waals surface area (Å²) in [7, 11) is 0. The highest BCUT2D eigenvalue weighted by Crippen LogP contribution is 2.31.